The number of hydrogen-bond donors (Lipinski definition) is 0. The zero-order valence-corrected chi connectivity index (χ0v) is 15.3. The molecule has 0 fully saturated rings. The van der Waals surface area contributed by atoms with Crippen LogP contribution >= 0.6 is 11.8 Å². The zero-order chi connectivity index (χ0) is 27.4. The maximum atomic E-state index is 12.7. The Morgan fingerprint density at radius 1 is 1.27 bits per heavy atom. The molecule has 0 aliphatic carbocycles. The van der Waals surface area contributed by atoms with Crippen molar-refractivity contribution in [3.8, 4) is 0 Å². The Balaban J connectivity index is 3.78. The summed E-state index contributed by atoms with van der Waals surface area (Å²) in [5, 5.41) is -1.15. The third-order valence-electron chi connectivity index (χ3n) is 2.97. The summed E-state index contributed by atoms with van der Waals surface area (Å²) < 4.78 is 82.9. The van der Waals surface area contributed by atoms with Crippen LogP contribution in [0.3, 0.4) is 0 Å². The Bertz CT molecular complexity index is 893. The van der Waals surface area contributed by atoms with Gasteiger partial charge in [-0.25, -0.2) is 23.9 Å². The Morgan fingerprint density at radius 3 is 2.46 bits per heavy atom. The van der Waals surface area contributed by atoms with Crippen molar-refractivity contribution in [1.29, 1.82) is 0 Å². The van der Waals surface area contributed by atoms with Gasteiger partial charge < -0.3 is 18.7 Å². The van der Waals surface area contributed by atoms with E-state index < -0.39 is 55.2 Å². The fraction of sp³-hybridized carbons (Fsp3) is 0.625. The number of hydrogen-bond acceptors (Lipinski definition) is 8. The summed E-state index contributed by atoms with van der Waals surface area (Å²) in [7, 11) is 0.835. The van der Waals surface area contributed by atoms with Gasteiger partial charge in [0.25, 0.3) is 0 Å². The van der Waals surface area contributed by atoms with Crippen LogP contribution in [0.15, 0.2) is 11.4 Å². The minimum Gasteiger partial charge on any atom is -0.465 e. The van der Waals surface area contributed by atoms with Gasteiger partial charge >= 0.3 is 17.4 Å². The maximum absolute atomic E-state index is 12.7. The number of quaternary nitrogens is 1. The average molecular weight is 398 g/mol. The summed E-state index contributed by atoms with van der Waals surface area (Å²) in [4.78, 5) is 41.0. The highest BCUT2D eigenvalue weighted by Gasteiger charge is 2.34. The monoisotopic (exact) mass is 397 g/mol. The van der Waals surface area contributed by atoms with Crippen molar-refractivity contribution in [2.75, 3.05) is 41.3 Å². The maximum Gasteiger partial charge on any atom is 0.420 e. The van der Waals surface area contributed by atoms with Gasteiger partial charge in [0.15, 0.2) is 11.2 Å². The fourth-order valence-corrected chi connectivity index (χ4v) is 2.55. The lowest BCUT2D eigenvalue weighted by molar-refractivity contribution is -0.887. The number of imidazole rings is 1. The Hall–Kier alpha value is -2.07. The molecule has 1 aromatic heterocycles. The lowest BCUT2D eigenvalue weighted by atomic mass is 10.1. The number of methoxy groups -OCH3 is 1. The average Bonchev–Trinajstić information content (AvgIpc) is 3.06. The van der Waals surface area contributed by atoms with Crippen molar-refractivity contribution >= 4 is 29.1 Å². The van der Waals surface area contributed by atoms with Gasteiger partial charge in [0, 0.05) is 18.0 Å². The van der Waals surface area contributed by atoms with Gasteiger partial charge in [-0.05, 0) is 13.8 Å². The van der Waals surface area contributed by atoms with Crippen LogP contribution in [-0.4, -0.2) is 78.7 Å². The van der Waals surface area contributed by atoms with E-state index in [0.29, 0.717) is 11.8 Å². The van der Waals surface area contributed by atoms with E-state index in [2.05, 4.69) is 9.72 Å². The molecule has 9 nitrogen and oxygen atoms in total. The van der Waals surface area contributed by atoms with E-state index in [1.807, 2.05) is 0 Å². The van der Waals surface area contributed by atoms with Gasteiger partial charge in [-0.3, -0.25) is 0 Å². The summed E-state index contributed by atoms with van der Waals surface area (Å²) in [6, 6.07) is -2.33. The molecule has 0 aliphatic heterocycles. The lowest BCUT2D eigenvalue weighted by Crippen LogP contribution is -2.51. The normalized spacial score (nSPS) is 19.0. The molecule has 0 amide bonds. The molecule has 0 radical (unpaired) electrons. The van der Waals surface area contributed by atoms with E-state index in [4.69, 9.17) is 21.8 Å². The van der Waals surface area contributed by atoms with E-state index in [1.165, 1.54) is 6.92 Å². The first kappa shape index (κ1) is 11.6. The molecule has 1 heterocycles. The highest BCUT2D eigenvalue weighted by Crippen LogP contribution is 2.22. The summed E-state index contributed by atoms with van der Waals surface area (Å²) in [5.74, 6) is -1.45. The number of ether oxygens (including phenoxy) is 3. The Labute approximate surface area is 169 Å². The summed E-state index contributed by atoms with van der Waals surface area (Å²) in [6.07, 6.45) is -0.899. The van der Waals surface area contributed by atoms with Gasteiger partial charge in [-0.1, -0.05) is 0 Å². The number of nitrogens with zero attached hydrogens (tertiary/aromatic N) is 3. The quantitative estimate of drug-likeness (QED) is 0.298. The molecule has 0 saturated heterocycles. The standard InChI is InChI=1S/C16H26N3O6S/c1-7-24-15(21)18-10-11(17-14(18)26-16(22)25-8-2)9-12(13(20)23-6)19(3,4)5/h10,12H,7-9H2,1-6H3/q+1/t12-/m1/s1/i3D3,4D3,5D3. The molecule has 0 N–H and O–H groups in total. The number of esters is 1. The number of rotatable bonds is 7. The minimum absolute atomic E-state index is 0.0129. The van der Waals surface area contributed by atoms with Crippen LogP contribution in [0, 0.1) is 0 Å². The van der Waals surface area contributed by atoms with Crippen LogP contribution in [0.1, 0.15) is 31.9 Å². The number of carbonyl (C=O) groups excluding carboxylic acids is 3. The van der Waals surface area contributed by atoms with Gasteiger partial charge in [-0.2, -0.15) is 0 Å². The Kier molecular flexibility index (Phi) is 4.27. The first-order valence-electron chi connectivity index (χ1n) is 12.0. The van der Waals surface area contributed by atoms with Crippen LogP contribution < -0.4 is 0 Å². The summed E-state index contributed by atoms with van der Waals surface area (Å²) in [5.41, 5.74) is -0.277. The molecule has 0 saturated carbocycles. The molecule has 10 heteroatoms. The molecule has 146 valence electrons. The zero-order valence-electron chi connectivity index (χ0n) is 23.5. The molecule has 0 aliphatic rings. The van der Waals surface area contributed by atoms with E-state index in [0.717, 1.165) is 17.9 Å². The predicted octanol–water partition coefficient (Wildman–Crippen LogP) is 1.93. The van der Waals surface area contributed by atoms with Crippen molar-refractivity contribution in [1.82, 2.24) is 9.55 Å². The van der Waals surface area contributed by atoms with E-state index in [1.54, 1.807) is 6.92 Å². The van der Waals surface area contributed by atoms with Crippen LogP contribution in [-0.2, 0) is 25.4 Å². The number of thioether (sulfide) groups is 1. The van der Waals surface area contributed by atoms with Crippen molar-refractivity contribution in [2.24, 2.45) is 0 Å². The summed E-state index contributed by atoms with van der Waals surface area (Å²) in [6.45, 7) is -8.24. The second kappa shape index (κ2) is 9.58. The third-order valence-corrected chi connectivity index (χ3v) is 3.72. The molecule has 0 spiro atoms. The van der Waals surface area contributed by atoms with E-state index in [9.17, 15) is 14.4 Å². The molecule has 1 atom stereocenters. The molecule has 26 heavy (non-hydrogen) atoms. The molecule has 0 bridgehead atoms. The largest absolute Gasteiger partial charge is 0.465 e. The highest BCUT2D eigenvalue weighted by atomic mass is 32.2. The number of aromatic nitrogens is 2. The topological polar surface area (TPSA) is 96.7 Å². The van der Waals surface area contributed by atoms with Crippen LogP contribution in [0.5, 0.6) is 0 Å². The van der Waals surface area contributed by atoms with E-state index >= 15 is 0 Å². The molecular formula is C16H26N3O6S+. The third kappa shape index (κ3) is 6.03. The van der Waals surface area contributed by atoms with Crippen LogP contribution in [0.4, 0.5) is 9.59 Å². The first-order valence-corrected chi connectivity index (χ1v) is 8.27. The van der Waals surface area contributed by atoms with Crippen molar-refractivity contribution < 1.29 is 45.4 Å². The van der Waals surface area contributed by atoms with Gasteiger partial charge in [0.2, 0.25) is 0 Å². The molecule has 0 unspecified atom stereocenters. The van der Waals surface area contributed by atoms with Crippen LogP contribution in [0.25, 0.3) is 0 Å². The van der Waals surface area contributed by atoms with Gasteiger partial charge in [0.05, 0.1) is 65.7 Å². The molecule has 0 aromatic carbocycles. The Morgan fingerprint density at radius 2 is 1.92 bits per heavy atom. The SMILES string of the molecule is [2H]C([2H])([2H])[N+]([C@H](Cc1cn(C(=O)OCC)c(SC(=O)OCC)n1)C(=O)OC)(C([2H])([2H])[2H])C([2H])([2H])[2H]. The molecule has 1 rings (SSSR count). The smallest absolute Gasteiger partial charge is 0.420 e. The second-order valence-corrected chi connectivity index (χ2v) is 5.74. The van der Waals surface area contributed by atoms with Crippen molar-refractivity contribution in [3.63, 3.8) is 0 Å². The van der Waals surface area contributed by atoms with Crippen molar-refractivity contribution in [3.05, 3.63) is 11.9 Å². The van der Waals surface area contributed by atoms with Crippen molar-refractivity contribution in [2.45, 2.75) is 31.5 Å². The number of likely N-dealkylation sites (N-methyl/N-ethyl adjacent to an activating group) is 1. The van der Waals surface area contributed by atoms with Crippen LogP contribution in [0.2, 0.25) is 0 Å². The second-order valence-electron chi connectivity index (χ2n) is 4.83. The van der Waals surface area contributed by atoms with E-state index in [-0.39, 0.29) is 24.1 Å². The first-order chi connectivity index (χ1) is 15.9. The van der Waals surface area contributed by atoms with Gasteiger partial charge in [-0.15, -0.1) is 0 Å². The highest BCUT2D eigenvalue weighted by molar-refractivity contribution is 8.13. The summed E-state index contributed by atoms with van der Waals surface area (Å²) >= 11 is 0.370. The predicted molar refractivity (Wildman–Crippen MR) is 95.1 cm³/mol. The number of carbonyl (C=O) groups is 3. The minimum atomic E-state index is -3.75. The molecular weight excluding hydrogens is 362 g/mol. The molecule has 1 aromatic rings. The lowest BCUT2D eigenvalue weighted by Gasteiger charge is -2.31. The van der Waals surface area contributed by atoms with Gasteiger partial charge in [0.1, 0.15) is 0 Å². The fourth-order valence-electron chi connectivity index (χ4n) is 1.84.